The maximum Gasteiger partial charge on any atom is 0.339 e. The van der Waals surface area contributed by atoms with Crippen LogP contribution >= 0.6 is 0 Å². The summed E-state index contributed by atoms with van der Waals surface area (Å²) in [4.78, 5) is 12.1. The Bertz CT molecular complexity index is 1510. The molecule has 2 heterocycles. The van der Waals surface area contributed by atoms with Crippen LogP contribution in [0.25, 0.3) is 16.8 Å². The van der Waals surface area contributed by atoms with E-state index in [-0.39, 0.29) is 29.3 Å². The lowest BCUT2D eigenvalue weighted by atomic mass is 9.86. The molecule has 3 atom stereocenters. The summed E-state index contributed by atoms with van der Waals surface area (Å²) in [5.41, 5.74) is 3.38. The van der Waals surface area contributed by atoms with Crippen molar-refractivity contribution in [3.05, 3.63) is 77.6 Å². The summed E-state index contributed by atoms with van der Waals surface area (Å²) in [6.07, 6.45) is 9.86. The van der Waals surface area contributed by atoms with Crippen LogP contribution in [0, 0.1) is 11.7 Å². The smallest absolute Gasteiger partial charge is 0.339 e. The molecular weight excluding hydrogens is 497 g/mol. The molecule has 8 nitrogen and oxygen atoms in total. The Morgan fingerprint density at radius 2 is 1.92 bits per heavy atom. The van der Waals surface area contributed by atoms with Crippen LogP contribution in [0.2, 0.25) is 0 Å². The predicted octanol–water partition coefficient (Wildman–Crippen LogP) is 6.12. The van der Waals surface area contributed by atoms with Gasteiger partial charge < -0.3 is 9.84 Å². The second-order valence-corrected chi connectivity index (χ2v) is 10.8. The number of ether oxygens (including phenoxy) is 1. The lowest BCUT2D eigenvalue weighted by Gasteiger charge is -2.28. The van der Waals surface area contributed by atoms with Gasteiger partial charge in [0.1, 0.15) is 5.56 Å². The SMILES string of the molecule is CC(Oc1cccc(-c2cccc(-n3ncc(C(=O)O)c3[C@@H]3C[C@H]3c3cn(C)nn3)c2)c1F)C1CCCCC1. The van der Waals surface area contributed by atoms with Crippen molar-refractivity contribution in [1.29, 1.82) is 0 Å². The molecule has 1 unspecified atom stereocenters. The van der Waals surface area contributed by atoms with Crippen LogP contribution in [-0.2, 0) is 7.05 Å². The monoisotopic (exact) mass is 529 g/mol. The molecule has 2 aromatic carbocycles. The van der Waals surface area contributed by atoms with Crippen molar-refractivity contribution in [2.45, 2.75) is 63.4 Å². The molecule has 2 aliphatic rings. The van der Waals surface area contributed by atoms with Crippen LogP contribution < -0.4 is 4.74 Å². The van der Waals surface area contributed by atoms with E-state index < -0.39 is 11.8 Å². The Hall–Kier alpha value is -4.01. The third kappa shape index (κ3) is 4.93. The second-order valence-electron chi connectivity index (χ2n) is 10.8. The van der Waals surface area contributed by atoms with E-state index in [4.69, 9.17) is 4.74 Å². The van der Waals surface area contributed by atoms with Gasteiger partial charge in [0.25, 0.3) is 0 Å². The Balaban J connectivity index is 1.31. The molecule has 0 bridgehead atoms. The molecule has 6 rings (SSSR count). The van der Waals surface area contributed by atoms with Crippen molar-refractivity contribution in [3.8, 4) is 22.6 Å². The lowest BCUT2D eigenvalue weighted by molar-refractivity contribution is 0.0695. The van der Waals surface area contributed by atoms with E-state index in [2.05, 4.69) is 15.4 Å². The summed E-state index contributed by atoms with van der Waals surface area (Å²) in [5.74, 6) is -0.690. The normalized spacial score (nSPS) is 20.1. The summed E-state index contributed by atoms with van der Waals surface area (Å²) < 4.78 is 25.2. The number of halogens is 1. The Morgan fingerprint density at radius 1 is 1.13 bits per heavy atom. The van der Waals surface area contributed by atoms with Crippen LogP contribution in [0.5, 0.6) is 5.75 Å². The average molecular weight is 530 g/mol. The van der Waals surface area contributed by atoms with Crippen LogP contribution in [0.15, 0.2) is 54.9 Å². The third-order valence-electron chi connectivity index (χ3n) is 8.17. The fourth-order valence-corrected chi connectivity index (χ4v) is 5.97. The minimum Gasteiger partial charge on any atom is -0.487 e. The van der Waals surface area contributed by atoms with Crippen LogP contribution in [-0.4, -0.2) is 42.0 Å². The molecule has 2 saturated carbocycles. The largest absolute Gasteiger partial charge is 0.487 e. The number of hydrogen-bond donors (Lipinski definition) is 1. The summed E-state index contributed by atoms with van der Waals surface area (Å²) in [7, 11) is 1.81. The van der Waals surface area contributed by atoms with Gasteiger partial charge in [-0.15, -0.1) is 5.10 Å². The summed E-state index contributed by atoms with van der Waals surface area (Å²) in [6.45, 7) is 2.04. The van der Waals surface area contributed by atoms with Crippen molar-refractivity contribution < 1.29 is 19.0 Å². The zero-order valence-electron chi connectivity index (χ0n) is 22.1. The van der Waals surface area contributed by atoms with Gasteiger partial charge in [0.05, 0.1) is 29.4 Å². The number of carbonyl (C=O) groups is 1. The molecule has 0 saturated heterocycles. The highest BCUT2D eigenvalue weighted by molar-refractivity contribution is 5.89. The molecule has 0 radical (unpaired) electrons. The highest BCUT2D eigenvalue weighted by atomic mass is 19.1. The van der Waals surface area contributed by atoms with Gasteiger partial charge in [-0.1, -0.05) is 48.7 Å². The number of aryl methyl sites for hydroxylation is 1. The number of benzene rings is 2. The van der Waals surface area contributed by atoms with Gasteiger partial charge in [0.2, 0.25) is 0 Å². The molecule has 202 valence electrons. The van der Waals surface area contributed by atoms with Crippen molar-refractivity contribution >= 4 is 5.97 Å². The number of aromatic carboxylic acids is 1. The molecule has 9 heteroatoms. The number of carboxylic acids is 1. The molecule has 0 aliphatic heterocycles. The summed E-state index contributed by atoms with van der Waals surface area (Å²) in [5, 5.41) is 22.6. The molecule has 2 aliphatic carbocycles. The van der Waals surface area contributed by atoms with Crippen molar-refractivity contribution in [3.63, 3.8) is 0 Å². The fourth-order valence-electron chi connectivity index (χ4n) is 5.97. The molecule has 0 amide bonds. The number of nitrogens with zero attached hydrogens (tertiary/aromatic N) is 5. The van der Waals surface area contributed by atoms with E-state index in [1.165, 1.54) is 25.5 Å². The maximum absolute atomic E-state index is 15.7. The Kier molecular flexibility index (Phi) is 6.66. The first kappa shape index (κ1) is 25.3. The van der Waals surface area contributed by atoms with Gasteiger partial charge in [-0.2, -0.15) is 5.10 Å². The first-order valence-electron chi connectivity index (χ1n) is 13.6. The maximum atomic E-state index is 15.7. The highest BCUT2D eigenvalue weighted by Crippen LogP contribution is 2.55. The zero-order chi connectivity index (χ0) is 27.1. The van der Waals surface area contributed by atoms with E-state index in [1.807, 2.05) is 50.5 Å². The molecule has 0 spiro atoms. The van der Waals surface area contributed by atoms with Gasteiger partial charge in [-0.05, 0) is 55.9 Å². The summed E-state index contributed by atoms with van der Waals surface area (Å²) in [6, 6.07) is 12.6. The minimum atomic E-state index is -1.03. The Morgan fingerprint density at radius 3 is 2.67 bits per heavy atom. The van der Waals surface area contributed by atoms with Crippen LogP contribution in [0.4, 0.5) is 4.39 Å². The standard InChI is InChI=1S/C30H32FN5O3/c1-18(19-8-4-3-5-9-19)39-27-13-7-12-22(28(27)31)20-10-6-11-21(14-20)36-29(25(16-32-36)30(37)38)24-15-23(24)26-17-35(2)34-33-26/h6-7,10-14,16-19,23-24H,3-5,8-9,15H2,1-2H3,(H,37,38)/t18?,23-,24-/m1/s1. The topological polar surface area (TPSA) is 95.1 Å². The quantitative estimate of drug-likeness (QED) is 0.295. The number of hydrogen-bond acceptors (Lipinski definition) is 5. The molecule has 1 N–H and O–H groups in total. The lowest BCUT2D eigenvalue weighted by Crippen LogP contribution is -2.26. The van der Waals surface area contributed by atoms with E-state index in [0.717, 1.165) is 25.0 Å². The third-order valence-corrected chi connectivity index (χ3v) is 8.17. The van der Waals surface area contributed by atoms with Crippen molar-refractivity contribution in [2.24, 2.45) is 13.0 Å². The molecular formula is C30H32FN5O3. The van der Waals surface area contributed by atoms with Gasteiger partial charge >= 0.3 is 5.97 Å². The van der Waals surface area contributed by atoms with Crippen LogP contribution in [0.3, 0.4) is 0 Å². The van der Waals surface area contributed by atoms with Crippen molar-refractivity contribution in [2.75, 3.05) is 0 Å². The van der Waals surface area contributed by atoms with Gasteiger partial charge in [-0.25, -0.2) is 13.9 Å². The van der Waals surface area contributed by atoms with E-state index >= 15 is 4.39 Å². The first-order valence-corrected chi connectivity index (χ1v) is 13.6. The van der Waals surface area contributed by atoms with Gasteiger partial charge in [0.15, 0.2) is 11.6 Å². The first-order chi connectivity index (χ1) is 18.9. The minimum absolute atomic E-state index is 0.0475. The predicted molar refractivity (Wildman–Crippen MR) is 144 cm³/mol. The second kappa shape index (κ2) is 10.3. The zero-order valence-corrected chi connectivity index (χ0v) is 22.1. The molecule has 2 fully saturated rings. The number of aromatic nitrogens is 5. The summed E-state index contributed by atoms with van der Waals surface area (Å²) >= 11 is 0. The number of rotatable bonds is 8. The molecule has 4 aromatic rings. The average Bonchev–Trinajstić information content (AvgIpc) is 3.39. The van der Waals surface area contributed by atoms with Gasteiger partial charge in [0, 0.05) is 30.6 Å². The van der Waals surface area contributed by atoms with Crippen molar-refractivity contribution in [1.82, 2.24) is 24.8 Å². The van der Waals surface area contributed by atoms with E-state index in [9.17, 15) is 9.90 Å². The van der Waals surface area contributed by atoms with Gasteiger partial charge in [-0.3, -0.25) is 4.68 Å². The Labute approximate surface area is 226 Å². The van der Waals surface area contributed by atoms with Crippen LogP contribution in [0.1, 0.15) is 79.0 Å². The highest BCUT2D eigenvalue weighted by Gasteiger charge is 2.46. The van der Waals surface area contributed by atoms with E-state index in [0.29, 0.717) is 28.4 Å². The number of carboxylic acid groups (broad SMARTS) is 1. The van der Waals surface area contributed by atoms with E-state index in [1.54, 1.807) is 21.5 Å². The molecule has 39 heavy (non-hydrogen) atoms. The molecule has 2 aromatic heterocycles. The fraction of sp³-hybridized carbons (Fsp3) is 0.400.